The standard InChI is InChI=1S/C7H9FOS/c1-5-2-3-10-7(5)6(8)4-9/h2-3,6,9H,4H2,1H3. The molecule has 0 radical (unpaired) electrons. The highest BCUT2D eigenvalue weighted by Crippen LogP contribution is 2.25. The van der Waals surface area contributed by atoms with Gasteiger partial charge in [0.05, 0.1) is 6.61 Å². The van der Waals surface area contributed by atoms with Crippen molar-refractivity contribution in [3.63, 3.8) is 0 Å². The quantitative estimate of drug-likeness (QED) is 0.702. The molecule has 1 heterocycles. The summed E-state index contributed by atoms with van der Waals surface area (Å²) >= 11 is 1.35. The molecule has 0 fully saturated rings. The lowest BCUT2D eigenvalue weighted by atomic mass is 10.2. The van der Waals surface area contributed by atoms with Gasteiger partial charge in [0.2, 0.25) is 0 Å². The molecule has 1 N–H and O–H groups in total. The molecule has 0 bridgehead atoms. The first-order chi connectivity index (χ1) is 4.75. The highest BCUT2D eigenvalue weighted by molar-refractivity contribution is 7.10. The summed E-state index contributed by atoms with van der Waals surface area (Å²) < 4.78 is 12.7. The molecule has 1 rings (SSSR count). The number of aryl methyl sites for hydroxylation is 1. The molecule has 1 atom stereocenters. The lowest BCUT2D eigenvalue weighted by molar-refractivity contribution is 0.182. The van der Waals surface area contributed by atoms with Gasteiger partial charge in [-0.25, -0.2) is 4.39 Å². The predicted octanol–water partition coefficient (Wildman–Crippen LogP) is 2.06. The molecule has 10 heavy (non-hydrogen) atoms. The van der Waals surface area contributed by atoms with Crippen molar-refractivity contribution in [2.24, 2.45) is 0 Å². The van der Waals surface area contributed by atoms with Crippen LogP contribution in [0.4, 0.5) is 4.39 Å². The third-order valence-corrected chi connectivity index (χ3v) is 2.45. The molecule has 0 amide bonds. The molecule has 56 valence electrons. The van der Waals surface area contributed by atoms with Crippen LogP contribution in [-0.4, -0.2) is 11.7 Å². The maximum absolute atomic E-state index is 12.7. The van der Waals surface area contributed by atoms with Gasteiger partial charge in [0.1, 0.15) is 0 Å². The molecule has 0 saturated carbocycles. The van der Waals surface area contributed by atoms with Crippen molar-refractivity contribution in [1.82, 2.24) is 0 Å². The maximum atomic E-state index is 12.7. The smallest absolute Gasteiger partial charge is 0.157 e. The Morgan fingerprint density at radius 1 is 1.80 bits per heavy atom. The number of rotatable bonds is 2. The second-order valence-electron chi connectivity index (χ2n) is 2.12. The minimum Gasteiger partial charge on any atom is -0.393 e. The summed E-state index contributed by atoms with van der Waals surface area (Å²) in [7, 11) is 0. The molecule has 1 unspecified atom stereocenters. The monoisotopic (exact) mass is 160 g/mol. The molecule has 0 saturated heterocycles. The Morgan fingerprint density at radius 2 is 2.50 bits per heavy atom. The van der Waals surface area contributed by atoms with Gasteiger partial charge < -0.3 is 5.11 Å². The summed E-state index contributed by atoms with van der Waals surface area (Å²) in [6.45, 7) is 1.43. The number of halogens is 1. The van der Waals surface area contributed by atoms with Crippen LogP contribution in [0.25, 0.3) is 0 Å². The van der Waals surface area contributed by atoms with Crippen molar-refractivity contribution >= 4 is 11.3 Å². The van der Waals surface area contributed by atoms with E-state index in [2.05, 4.69) is 0 Å². The average molecular weight is 160 g/mol. The van der Waals surface area contributed by atoms with E-state index in [1.165, 1.54) is 11.3 Å². The largest absolute Gasteiger partial charge is 0.393 e. The molecular weight excluding hydrogens is 151 g/mol. The summed E-state index contributed by atoms with van der Waals surface area (Å²) in [5, 5.41) is 10.3. The number of aliphatic hydroxyl groups excluding tert-OH is 1. The Kier molecular flexibility index (Phi) is 2.40. The maximum Gasteiger partial charge on any atom is 0.157 e. The fourth-order valence-corrected chi connectivity index (χ4v) is 1.68. The van der Waals surface area contributed by atoms with Crippen LogP contribution >= 0.6 is 11.3 Å². The topological polar surface area (TPSA) is 20.2 Å². The predicted molar refractivity (Wildman–Crippen MR) is 40.0 cm³/mol. The Bertz CT molecular complexity index is 209. The van der Waals surface area contributed by atoms with E-state index in [4.69, 9.17) is 5.11 Å². The number of aliphatic hydroxyl groups is 1. The second-order valence-corrected chi connectivity index (χ2v) is 3.07. The summed E-state index contributed by atoms with van der Waals surface area (Å²) in [5.41, 5.74) is 0.923. The van der Waals surface area contributed by atoms with Gasteiger partial charge in [0, 0.05) is 4.88 Å². The molecular formula is C7H9FOS. The van der Waals surface area contributed by atoms with E-state index in [1.54, 1.807) is 0 Å². The van der Waals surface area contributed by atoms with Crippen LogP contribution in [-0.2, 0) is 0 Å². The number of hydrogen-bond donors (Lipinski definition) is 1. The molecule has 1 aromatic rings. The first-order valence-corrected chi connectivity index (χ1v) is 3.92. The van der Waals surface area contributed by atoms with Gasteiger partial charge in [-0.1, -0.05) is 0 Å². The Labute approximate surface area is 63.1 Å². The zero-order chi connectivity index (χ0) is 7.56. The summed E-state index contributed by atoms with van der Waals surface area (Å²) in [6.07, 6.45) is -1.19. The van der Waals surface area contributed by atoms with Gasteiger partial charge >= 0.3 is 0 Å². The van der Waals surface area contributed by atoms with E-state index >= 15 is 0 Å². The highest BCUT2D eigenvalue weighted by Gasteiger charge is 2.11. The van der Waals surface area contributed by atoms with Crippen LogP contribution in [0, 0.1) is 6.92 Å². The molecule has 1 nitrogen and oxygen atoms in total. The summed E-state index contributed by atoms with van der Waals surface area (Å²) in [4.78, 5) is 0.641. The van der Waals surface area contributed by atoms with Crippen LogP contribution in [0.3, 0.4) is 0 Å². The van der Waals surface area contributed by atoms with E-state index in [-0.39, 0.29) is 0 Å². The minimum atomic E-state index is -1.19. The Balaban J connectivity index is 2.82. The third-order valence-electron chi connectivity index (χ3n) is 1.35. The molecule has 0 aliphatic carbocycles. The average Bonchev–Trinajstić information content (AvgIpc) is 2.34. The lowest BCUT2D eigenvalue weighted by Crippen LogP contribution is -1.95. The normalized spacial score (nSPS) is 13.5. The van der Waals surface area contributed by atoms with Crippen LogP contribution in [0.2, 0.25) is 0 Å². The highest BCUT2D eigenvalue weighted by atomic mass is 32.1. The summed E-state index contributed by atoms with van der Waals surface area (Å²) in [5.74, 6) is 0. The van der Waals surface area contributed by atoms with Gasteiger partial charge in [0.25, 0.3) is 0 Å². The van der Waals surface area contributed by atoms with Crippen molar-refractivity contribution in [3.05, 3.63) is 21.9 Å². The zero-order valence-electron chi connectivity index (χ0n) is 5.67. The number of hydrogen-bond acceptors (Lipinski definition) is 2. The second kappa shape index (κ2) is 3.12. The number of thiophene rings is 1. The molecule has 1 aromatic heterocycles. The SMILES string of the molecule is Cc1ccsc1C(F)CO. The van der Waals surface area contributed by atoms with E-state index in [0.29, 0.717) is 4.88 Å². The third kappa shape index (κ3) is 1.36. The fourth-order valence-electron chi connectivity index (χ4n) is 0.788. The molecule has 0 aliphatic heterocycles. The van der Waals surface area contributed by atoms with Crippen LogP contribution in [0.15, 0.2) is 11.4 Å². The van der Waals surface area contributed by atoms with Crippen molar-refractivity contribution in [3.8, 4) is 0 Å². The molecule has 0 aromatic carbocycles. The van der Waals surface area contributed by atoms with E-state index in [1.807, 2.05) is 18.4 Å². The van der Waals surface area contributed by atoms with E-state index < -0.39 is 12.8 Å². The first-order valence-electron chi connectivity index (χ1n) is 3.04. The van der Waals surface area contributed by atoms with Gasteiger partial charge in [-0.3, -0.25) is 0 Å². The summed E-state index contributed by atoms with van der Waals surface area (Å²) in [6, 6.07) is 1.85. The Morgan fingerprint density at radius 3 is 2.90 bits per heavy atom. The van der Waals surface area contributed by atoms with Gasteiger partial charge in [-0.2, -0.15) is 0 Å². The number of alkyl halides is 1. The van der Waals surface area contributed by atoms with Gasteiger partial charge in [0.15, 0.2) is 6.17 Å². The lowest BCUT2D eigenvalue weighted by Gasteiger charge is -2.01. The Hall–Kier alpha value is -0.410. The van der Waals surface area contributed by atoms with Crippen LogP contribution in [0.5, 0.6) is 0 Å². The van der Waals surface area contributed by atoms with Gasteiger partial charge in [-0.15, -0.1) is 11.3 Å². The first kappa shape index (κ1) is 7.69. The van der Waals surface area contributed by atoms with Crippen molar-refractivity contribution in [2.45, 2.75) is 13.1 Å². The van der Waals surface area contributed by atoms with Crippen LogP contribution < -0.4 is 0 Å². The van der Waals surface area contributed by atoms with Crippen molar-refractivity contribution in [1.29, 1.82) is 0 Å². The van der Waals surface area contributed by atoms with Crippen molar-refractivity contribution < 1.29 is 9.50 Å². The molecule has 0 aliphatic rings. The fraction of sp³-hybridized carbons (Fsp3) is 0.429. The minimum absolute atomic E-state index is 0.415. The van der Waals surface area contributed by atoms with E-state index in [9.17, 15) is 4.39 Å². The molecule has 3 heteroatoms. The van der Waals surface area contributed by atoms with Crippen molar-refractivity contribution in [2.75, 3.05) is 6.61 Å². The van der Waals surface area contributed by atoms with E-state index in [0.717, 1.165) is 5.56 Å². The van der Waals surface area contributed by atoms with Gasteiger partial charge in [-0.05, 0) is 23.9 Å². The molecule has 0 spiro atoms. The van der Waals surface area contributed by atoms with Crippen LogP contribution in [0.1, 0.15) is 16.6 Å². The zero-order valence-corrected chi connectivity index (χ0v) is 6.49.